The van der Waals surface area contributed by atoms with Crippen molar-refractivity contribution >= 4 is 29.4 Å². The van der Waals surface area contributed by atoms with E-state index in [0.29, 0.717) is 42.5 Å². The van der Waals surface area contributed by atoms with E-state index in [4.69, 9.17) is 26.1 Å². The van der Waals surface area contributed by atoms with Gasteiger partial charge < -0.3 is 24.5 Å². The highest BCUT2D eigenvalue weighted by molar-refractivity contribution is 6.31. The zero-order chi connectivity index (χ0) is 27.4. The molecule has 0 bridgehead atoms. The first-order chi connectivity index (χ1) is 18.2. The lowest BCUT2D eigenvalue weighted by Crippen LogP contribution is -2.52. The van der Waals surface area contributed by atoms with Crippen molar-refractivity contribution in [3.05, 3.63) is 64.1 Å². The molecular weight excluding hydrogens is 517 g/mol. The highest BCUT2D eigenvalue weighted by atomic mass is 35.5. The normalized spacial score (nSPS) is 22.1. The third kappa shape index (κ3) is 6.06. The Morgan fingerprint density at radius 1 is 1.37 bits per heavy atom. The number of carboxylic acids is 1. The molecule has 0 saturated carbocycles. The van der Waals surface area contributed by atoms with Crippen molar-refractivity contribution in [2.24, 2.45) is 12.0 Å². The number of carbonyl (C=O) groups is 2. The number of carboxylic acid groups (broad SMARTS) is 1. The summed E-state index contributed by atoms with van der Waals surface area (Å²) < 4.78 is 27.0. The molecule has 1 aromatic heterocycles. The number of hydrogen-bond acceptors (Lipinski definition) is 8. The summed E-state index contributed by atoms with van der Waals surface area (Å²) >= 11 is 6.46. The number of halogens is 2. The van der Waals surface area contributed by atoms with E-state index in [1.807, 2.05) is 14.0 Å². The van der Waals surface area contributed by atoms with E-state index in [1.54, 1.807) is 23.9 Å². The molecule has 2 aromatic rings. The number of esters is 1. The number of ether oxygens (including phenoxy) is 2. The van der Waals surface area contributed by atoms with Gasteiger partial charge in [0.15, 0.2) is 11.7 Å². The number of rotatable bonds is 9. The molecule has 38 heavy (non-hydrogen) atoms. The van der Waals surface area contributed by atoms with Crippen molar-refractivity contribution in [1.82, 2.24) is 19.8 Å². The van der Waals surface area contributed by atoms with Gasteiger partial charge in [-0.15, -0.1) is 0 Å². The van der Waals surface area contributed by atoms with Crippen molar-refractivity contribution in [3.8, 4) is 0 Å². The summed E-state index contributed by atoms with van der Waals surface area (Å²) in [6.07, 6.45) is 3.57. The average molecular weight is 548 g/mol. The minimum atomic E-state index is -0.889. The molecule has 3 heterocycles. The van der Waals surface area contributed by atoms with Crippen LogP contribution in [0.5, 0.6) is 0 Å². The van der Waals surface area contributed by atoms with Crippen molar-refractivity contribution in [2.75, 3.05) is 26.3 Å². The average Bonchev–Trinajstić information content (AvgIpc) is 3.29. The number of aromatic nitrogens is 2. The van der Waals surface area contributed by atoms with Crippen LogP contribution in [0.4, 0.5) is 4.39 Å². The van der Waals surface area contributed by atoms with E-state index in [0.717, 1.165) is 0 Å². The topological polar surface area (TPSA) is 118 Å². The molecule has 0 radical (unpaired) electrons. The van der Waals surface area contributed by atoms with Gasteiger partial charge in [0.2, 0.25) is 0 Å². The Labute approximate surface area is 225 Å². The second-order valence-electron chi connectivity index (χ2n) is 9.19. The van der Waals surface area contributed by atoms with Gasteiger partial charge in [0.1, 0.15) is 11.9 Å². The van der Waals surface area contributed by atoms with Crippen LogP contribution in [0.15, 0.2) is 46.9 Å². The van der Waals surface area contributed by atoms with Crippen LogP contribution in [0.2, 0.25) is 5.02 Å². The summed E-state index contributed by atoms with van der Waals surface area (Å²) in [6.45, 7) is 5.03. The number of carbonyl (C=O) groups excluding carboxylic acids is 1. The van der Waals surface area contributed by atoms with Gasteiger partial charge in [-0.25, -0.2) is 14.2 Å². The Morgan fingerprint density at radius 2 is 2.16 bits per heavy atom. The lowest BCUT2D eigenvalue weighted by molar-refractivity contribution is -0.139. The number of nitrogens with one attached hydrogen (secondary N) is 1. The summed E-state index contributed by atoms with van der Waals surface area (Å²) in [5.74, 6) is -1.03. The standard InChI is InChI=1S/C26H31ClFN5O5/c1-4-37-26(36)22-19(14-33-11-12-38-15(2)20(33)7-8-21(34)35)30-24(25-29-9-10-32(25)3)31-23(22)17-6-5-16(28)13-18(17)27/h5-6,9-10,13,15,20,23H,4,7-8,11-12,14H2,1-3H3,(H,30,31)(H,34,35)/t15-,20-,23+/m1/s1. The highest BCUT2D eigenvalue weighted by Gasteiger charge is 2.37. The Kier molecular flexibility index (Phi) is 8.80. The molecule has 1 fully saturated rings. The molecule has 1 saturated heterocycles. The summed E-state index contributed by atoms with van der Waals surface area (Å²) in [4.78, 5) is 36.0. The van der Waals surface area contributed by atoms with Gasteiger partial charge in [-0.05, 0) is 32.4 Å². The molecule has 0 amide bonds. The molecule has 4 rings (SSSR count). The Morgan fingerprint density at radius 3 is 2.82 bits per heavy atom. The van der Waals surface area contributed by atoms with Crippen molar-refractivity contribution in [1.29, 1.82) is 0 Å². The molecule has 12 heteroatoms. The van der Waals surface area contributed by atoms with Crippen LogP contribution in [-0.4, -0.2) is 75.8 Å². The number of imidazole rings is 1. The van der Waals surface area contributed by atoms with Crippen LogP contribution in [0.25, 0.3) is 0 Å². The molecule has 2 aliphatic rings. The second-order valence-corrected chi connectivity index (χ2v) is 9.60. The Balaban J connectivity index is 1.82. The maximum absolute atomic E-state index is 13.9. The summed E-state index contributed by atoms with van der Waals surface area (Å²) in [6, 6.07) is 2.88. The fraction of sp³-hybridized carbons (Fsp3) is 0.462. The largest absolute Gasteiger partial charge is 0.481 e. The number of morpholine rings is 1. The van der Waals surface area contributed by atoms with Gasteiger partial charge in [0.25, 0.3) is 0 Å². The quantitative estimate of drug-likeness (QED) is 0.460. The molecular formula is C26H31ClFN5O5. The molecule has 2 aliphatic heterocycles. The van der Waals surface area contributed by atoms with Gasteiger partial charge >= 0.3 is 11.9 Å². The number of aryl methyl sites for hydroxylation is 1. The smallest absolute Gasteiger partial charge is 0.338 e. The molecule has 204 valence electrons. The fourth-order valence-corrected chi connectivity index (χ4v) is 5.11. The summed E-state index contributed by atoms with van der Waals surface area (Å²) in [5.41, 5.74) is 1.21. The van der Waals surface area contributed by atoms with E-state index < -0.39 is 23.8 Å². The first-order valence-electron chi connectivity index (χ1n) is 12.4. The number of aliphatic carboxylic acids is 1. The van der Waals surface area contributed by atoms with E-state index in [2.05, 4.69) is 15.2 Å². The van der Waals surface area contributed by atoms with Crippen molar-refractivity contribution < 1.29 is 28.6 Å². The third-order valence-electron chi connectivity index (χ3n) is 6.70. The van der Waals surface area contributed by atoms with Crippen LogP contribution in [0.3, 0.4) is 0 Å². The zero-order valence-corrected chi connectivity index (χ0v) is 22.2. The molecule has 0 spiro atoms. The number of benzene rings is 1. The van der Waals surface area contributed by atoms with Crippen molar-refractivity contribution in [2.45, 2.75) is 44.9 Å². The molecule has 0 aliphatic carbocycles. The molecule has 3 atom stereocenters. The van der Waals surface area contributed by atoms with Crippen LogP contribution in [0, 0.1) is 5.82 Å². The summed E-state index contributed by atoms with van der Waals surface area (Å²) in [5, 5.41) is 12.7. The zero-order valence-electron chi connectivity index (χ0n) is 21.5. The third-order valence-corrected chi connectivity index (χ3v) is 7.02. The second kappa shape index (κ2) is 12.1. The number of nitrogens with zero attached hydrogens (tertiary/aromatic N) is 4. The number of aliphatic imine (C=N–C) groups is 1. The van der Waals surface area contributed by atoms with E-state index in [9.17, 15) is 19.1 Å². The first kappa shape index (κ1) is 27.7. The van der Waals surface area contributed by atoms with Crippen LogP contribution < -0.4 is 5.32 Å². The van der Waals surface area contributed by atoms with Gasteiger partial charge in [-0.1, -0.05) is 17.7 Å². The van der Waals surface area contributed by atoms with Crippen molar-refractivity contribution in [3.63, 3.8) is 0 Å². The van der Waals surface area contributed by atoms with Gasteiger partial charge in [0, 0.05) is 61.3 Å². The molecule has 0 unspecified atom stereocenters. The molecule has 1 aromatic carbocycles. The lowest BCUT2D eigenvalue weighted by Gasteiger charge is -2.41. The Hall–Kier alpha value is -3.28. The maximum atomic E-state index is 13.9. The minimum absolute atomic E-state index is 0.0140. The minimum Gasteiger partial charge on any atom is -0.481 e. The van der Waals surface area contributed by atoms with Gasteiger partial charge in [-0.2, -0.15) is 0 Å². The first-order valence-corrected chi connectivity index (χ1v) is 12.8. The predicted octanol–water partition coefficient (Wildman–Crippen LogP) is 3.08. The predicted molar refractivity (Wildman–Crippen MR) is 138 cm³/mol. The number of hydrogen-bond donors (Lipinski definition) is 2. The van der Waals surface area contributed by atoms with Gasteiger partial charge in [0.05, 0.1) is 24.9 Å². The Bertz CT molecular complexity index is 1260. The van der Waals surface area contributed by atoms with Gasteiger partial charge in [-0.3, -0.25) is 14.7 Å². The SMILES string of the molecule is CCOC(=O)C1=C(CN2CCO[C@H](C)[C@H]2CCC(=O)O)NC(c2nccn2C)=N[C@H]1c1ccc(F)cc1Cl. The van der Waals surface area contributed by atoms with Crippen LogP contribution in [-0.2, 0) is 26.1 Å². The highest BCUT2D eigenvalue weighted by Crippen LogP contribution is 2.37. The fourth-order valence-electron chi connectivity index (χ4n) is 4.84. The van der Waals surface area contributed by atoms with E-state index >= 15 is 0 Å². The maximum Gasteiger partial charge on any atom is 0.338 e. The number of amidine groups is 1. The van der Waals surface area contributed by atoms with E-state index in [1.165, 1.54) is 18.2 Å². The van der Waals surface area contributed by atoms with Crippen LogP contribution in [0.1, 0.15) is 44.1 Å². The molecule has 2 N–H and O–H groups in total. The summed E-state index contributed by atoms with van der Waals surface area (Å²) in [7, 11) is 1.82. The molecule has 10 nitrogen and oxygen atoms in total. The lowest BCUT2D eigenvalue weighted by atomic mass is 9.94. The van der Waals surface area contributed by atoms with E-state index in [-0.39, 0.29) is 42.3 Å². The van der Waals surface area contributed by atoms with Crippen LogP contribution >= 0.6 is 11.6 Å². The monoisotopic (exact) mass is 547 g/mol.